The smallest absolute Gasteiger partial charge is 0.127 e. The minimum Gasteiger partial charge on any atom is -0.492 e. The van der Waals surface area contributed by atoms with E-state index in [1.165, 1.54) is 40.8 Å². The molecule has 0 radical (unpaired) electrons. The molecule has 0 amide bonds. The zero-order valence-electron chi connectivity index (χ0n) is 16.4. The van der Waals surface area contributed by atoms with E-state index in [4.69, 9.17) is 9.47 Å². The summed E-state index contributed by atoms with van der Waals surface area (Å²) < 4.78 is 13.0. The highest BCUT2D eigenvalue weighted by molar-refractivity contribution is 6.09. The molecule has 2 heteroatoms. The summed E-state index contributed by atoms with van der Waals surface area (Å²) in [7, 11) is 0. The molecule has 1 aliphatic heterocycles. The summed E-state index contributed by atoms with van der Waals surface area (Å²) >= 11 is 0. The van der Waals surface area contributed by atoms with E-state index < -0.39 is 0 Å². The van der Waals surface area contributed by atoms with Crippen LogP contribution in [0.3, 0.4) is 0 Å². The Morgan fingerprint density at radius 3 is 1.55 bits per heavy atom. The predicted octanol–water partition coefficient (Wildman–Crippen LogP) is 6.85. The molecule has 6 rings (SSSR count). The van der Waals surface area contributed by atoms with Crippen molar-refractivity contribution in [1.82, 2.24) is 0 Å². The van der Waals surface area contributed by atoms with Crippen molar-refractivity contribution in [3.63, 3.8) is 0 Å². The van der Waals surface area contributed by atoms with Crippen LogP contribution >= 0.6 is 0 Å². The molecule has 1 heterocycles. The molecule has 0 spiro atoms. The van der Waals surface area contributed by atoms with Gasteiger partial charge in [0.15, 0.2) is 0 Å². The van der Waals surface area contributed by atoms with Gasteiger partial charge in [0.2, 0.25) is 0 Å². The number of hydrogen-bond acceptors (Lipinski definition) is 2. The van der Waals surface area contributed by atoms with Gasteiger partial charge in [-0.1, -0.05) is 67.1 Å². The second kappa shape index (κ2) is 6.81. The second-order valence-corrected chi connectivity index (χ2v) is 8.39. The van der Waals surface area contributed by atoms with Crippen molar-refractivity contribution in [2.24, 2.45) is 11.8 Å². The zero-order chi connectivity index (χ0) is 19.2. The lowest BCUT2D eigenvalue weighted by atomic mass is 9.76. The Balaban J connectivity index is 1.64. The van der Waals surface area contributed by atoms with Crippen LogP contribution in [0.15, 0.2) is 72.8 Å². The number of rotatable bonds is 1. The molecule has 4 aromatic rings. The molecular formula is C27H24O2. The molecule has 0 unspecified atom stereocenters. The predicted molar refractivity (Wildman–Crippen MR) is 119 cm³/mol. The molecule has 2 nitrogen and oxygen atoms in total. The Hall–Kier alpha value is -3.00. The molecule has 0 saturated heterocycles. The highest BCUT2D eigenvalue weighted by Crippen LogP contribution is 2.47. The van der Waals surface area contributed by atoms with Crippen molar-refractivity contribution >= 4 is 21.5 Å². The topological polar surface area (TPSA) is 18.5 Å². The molecule has 0 N–H and O–H groups in total. The lowest BCUT2D eigenvalue weighted by Gasteiger charge is -2.33. The third kappa shape index (κ3) is 2.78. The maximum absolute atomic E-state index is 6.51. The summed E-state index contributed by atoms with van der Waals surface area (Å²) in [6.07, 6.45) is 3.93. The van der Waals surface area contributed by atoms with Gasteiger partial charge in [0.05, 0.1) is 13.2 Å². The zero-order valence-corrected chi connectivity index (χ0v) is 16.4. The molecule has 1 fully saturated rings. The number of ether oxygens (including phenoxy) is 2. The summed E-state index contributed by atoms with van der Waals surface area (Å²) in [5, 5.41) is 4.88. The largest absolute Gasteiger partial charge is 0.492 e. The van der Waals surface area contributed by atoms with Crippen LogP contribution in [0.5, 0.6) is 11.5 Å². The first-order chi connectivity index (χ1) is 14.4. The van der Waals surface area contributed by atoms with Gasteiger partial charge in [-0.15, -0.1) is 0 Å². The number of hydrogen-bond donors (Lipinski definition) is 0. The Kier molecular flexibility index (Phi) is 3.97. The van der Waals surface area contributed by atoms with E-state index >= 15 is 0 Å². The lowest BCUT2D eigenvalue weighted by Crippen LogP contribution is -2.31. The Morgan fingerprint density at radius 2 is 1.07 bits per heavy atom. The van der Waals surface area contributed by atoms with Gasteiger partial charge in [-0.2, -0.15) is 0 Å². The third-order valence-electron chi connectivity index (χ3n) is 6.75. The Labute approximate surface area is 171 Å². The summed E-state index contributed by atoms with van der Waals surface area (Å²) in [6.45, 7) is 1.45. The highest BCUT2D eigenvalue weighted by atomic mass is 16.5. The fourth-order valence-electron chi connectivity index (χ4n) is 4.88. The van der Waals surface area contributed by atoms with Crippen molar-refractivity contribution in [3.05, 3.63) is 72.8 Å². The van der Waals surface area contributed by atoms with Crippen LogP contribution in [0, 0.1) is 11.8 Å². The van der Waals surface area contributed by atoms with E-state index in [-0.39, 0.29) is 0 Å². The van der Waals surface area contributed by atoms with E-state index in [2.05, 4.69) is 72.8 Å². The van der Waals surface area contributed by atoms with Crippen molar-refractivity contribution in [2.45, 2.75) is 19.3 Å². The molecule has 2 aliphatic rings. The summed E-state index contributed by atoms with van der Waals surface area (Å²) in [4.78, 5) is 0. The maximum atomic E-state index is 6.51. The maximum Gasteiger partial charge on any atom is 0.127 e. The molecule has 1 saturated carbocycles. The molecule has 29 heavy (non-hydrogen) atoms. The monoisotopic (exact) mass is 380 g/mol. The fourth-order valence-corrected chi connectivity index (χ4v) is 4.88. The van der Waals surface area contributed by atoms with Gasteiger partial charge in [-0.25, -0.2) is 0 Å². The van der Waals surface area contributed by atoms with Gasteiger partial charge >= 0.3 is 0 Å². The van der Waals surface area contributed by atoms with Gasteiger partial charge in [0.25, 0.3) is 0 Å². The normalized spacial score (nSPS) is 17.2. The van der Waals surface area contributed by atoms with Crippen LogP contribution in [0.4, 0.5) is 0 Å². The molecule has 144 valence electrons. The van der Waals surface area contributed by atoms with E-state index in [9.17, 15) is 0 Å². The molecule has 4 aromatic carbocycles. The minimum absolute atomic E-state index is 0.445. The van der Waals surface area contributed by atoms with Crippen LogP contribution in [0.25, 0.3) is 32.7 Å². The Morgan fingerprint density at radius 1 is 0.552 bits per heavy atom. The lowest BCUT2D eigenvalue weighted by molar-refractivity contribution is 0.0910. The standard InChI is InChI=1S/C27H24O2/c1-3-10-22-19(6-1)12-14-24-26(22)27-23-11-4-2-7-20(23)13-15-25(27)29-17-21(16-28-24)18-8-5-9-18/h1-4,6-7,10-15,18,21H,5,8-9,16-17H2. The number of fused-ring (bicyclic) bond motifs is 7. The van der Waals surface area contributed by atoms with Crippen LogP contribution in [0.2, 0.25) is 0 Å². The third-order valence-corrected chi connectivity index (χ3v) is 6.75. The molecule has 0 bridgehead atoms. The van der Waals surface area contributed by atoms with Gasteiger partial charge < -0.3 is 9.47 Å². The summed E-state index contributed by atoms with van der Waals surface area (Å²) in [5.74, 6) is 3.11. The van der Waals surface area contributed by atoms with Crippen molar-refractivity contribution in [3.8, 4) is 22.6 Å². The van der Waals surface area contributed by atoms with Crippen LogP contribution in [-0.2, 0) is 0 Å². The first-order valence-electron chi connectivity index (χ1n) is 10.7. The van der Waals surface area contributed by atoms with Gasteiger partial charge in [0, 0.05) is 17.0 Å². The van der Waals surface area contributed by atoms with E-state index in [1.54, 1.807) is 0 Å². The Bertz CT molecular complexity index is 1120. The van der Waals surface area contributed by atoms with Crippen LogP contribution in [-0.4, -0.2) is 13.2 Å². The fraction of sp³-hybridized carbons (Fsp3) is 0.259. The quantitative estimate of drug-likeness (QED) is 0.360. The average Bonchev–Trinajstić information content (AvgIpc) is 2.81. The molecular weight excluding hydrogens is 356 g/mol. The first-order valence-corrected chi connectivity index (χ1v) is 10.7. The second-order valence-electron chi connectivity index (χ2n) is 8.39. The highest BCUT2D eigenvalue weighted by Gasteiger charge is 2.30. The van der Waals surface area contributed by atoms with Gasteiger partial charge in [-0.3, -0.25) is 0 Å². The van der Waals surface area contributed by atoms with Crippen molar-refractivity contribution < 1.29 is 9.47 Å². The minimum atomic E-state index is 0.445. The van der Waals surface area contributed by atoms with E-state index in [0.29, 0.717) is 5.92 Å². The molecule has 1 aliphatic carbocycles. The van der Waals surface area contributed by atoms with Crippen molar-refractivity contribution in [2.75, 3.05) is 13.2 Å². The summed E-state index contributed by atoms with van der Waals surface area (Å²) in [6, 6.07) is 25.8. The number of benzene rings is 4. The van der Waals surface area contributed by atoms with E-state index in [1.807, 2.05) is 0 Å². The van der Waals surface area contributed by atoms with Crippen molar-refractivity contribution in [1.29, 1.82) is 0 Å². The average molecular weight is 380 g/mol. The van der Waals surface area contributed by atoms with Crippen LogP contribution < -0.4 is 9.47 Å². The van der Waals surface area contributed by atoms with Crippen LogP contribution in [0.1, 0.15) is 19.3 Å². The summed E-state index contributed by atoms with van der Waals surface area (Å²) in [5.41, 5.74) is 2.31. The molecule has 0 atom stereocenters. The van der Waals surface area contributed by atoms with E-state index in [0.717, 1.165) is 41.8 Å². The van der Waals surface area contributed by atoms with Gasteiger partial charge in [-0.05, 0) is 52.4 Å². The van der Waals surface area contributed by atoms with Gasteiger partial charge in [0.1, 0.15) is 11.5 Å². The molecule has 0 aromatic heterocycles. The first kappa shape index (κ1) is 16.9. The SMILES string of the molecule is c1ccc2c3c(ccc2c1)OCC(C1CCC1)COc1ccc2ccccc2c1-3.